The molecule has 23 heavy (non-hydrogen) atoms. The Hall–Kier alpha value is -1.59. The normalized spacial score (nSPS) is 21.1. The maximum absolute atomic E-state index is 12.1. The molecule has 0 aromatic heterocycles. The highest BCUT2D eigenvalue weighted by Gasteiger charge is 2.27. The highest BCUT2D eigenvalue weighted by Crippen LogP contribution is 2.26. The minimum absolute atomic E-state index is 0. The van der Waals surface area contributed by atoms with Crippen LogP contribution in [0.1, 0.15) is 37.2 Å². The summed E-state index contributed by atoms with van der Waals surface area (Å²) in [5.41, 5.74) is 6.83. The van der Waals surface area contributed by atoms with Crippen molar-refractivity contribution in [3.8, 4) is 0 Å². The summed E-state index contributed by atoms with van der Waals surface area (Å²) in [4.78, 5) is 24.0. The molecule has 2 rings (SSSR count). The van der Waals surface area contributed by atoms with E-state index in [4.69, 9.17) is 10.5 Å². The molecule has 1 amide bonds. The first-order valence-corrected chi connectivity index (χ1v) is 7.77. The van der Waals surface area contributed by atoms with Crippen LogP contribution in [0.4, 0.5) is 0 Å². The van der Waals surface area contributed by atoms with Gasteiger partial charge in [-0.1, -0.05) is 36.8 Å². The van der Waals surface area contributed by atoms with E-state index in [2.05, 4.69) is 5.32 Å². The summed E-state index contributed by atoms with van der Waals surface area (Å²) < 4.78 is 4.84. The van der Waals surface area contributed by atoms with Gasteiger partial charge in [0.25, 0.3) is 0 Å². The van der Waals surface area contributed by atoms with Crippen molar-refractivity contribution >= 4 is 24.3 Å². The Morgan fingerprint density at radius 3 is 2.57 bits per heavy atom. The fourth-order valence-corrected chi connectivity index (χ4v) is 3.01. The smallest absolute Gasteiger partial charge is 0.314 e. The van der Waals surface area contributed by atoms with Crippen LogP contribution in [0.15, 0.2) is 30.3 Å². The van der Waals surface area contributed by atoms with E-state index in [1.807, 2.05) is 30.3 Å². The molecular formula is C17H25ClN2O3. The quantitative estimate of drug-likeness (QED) is 0.776. The van der Waals surface area contributed by atoms with Crippen LogP contribution in [0.25, 0.3) is 0 Å². The summed E-state index contributed by atoms with van der Waals surface area (Å²) in [5.74, 6) is -0.614. The van der Waals surface area contributed by atoms with Gasteiger partial charge in [0.2, 0.25) is 5.91 Å². The number of nitrogens with one attached hydrogen (secondary N) is 1. The number of carbonyl (C=O) groups is 2. The summed E-state index contributed by atoms with van der Waals surface area (Å²) in [6.07, 6.45) is 3.53. The number of nitrogens with two attached hydrogens (primary N) is 1. The molecule has 0 heterocycles. The van der Waals surface area contributed by atoms with Crippen molar-refractivity contribution in [1.29, 1.82) is 0 Å². The summed E-state index contributed by atoms with van der Waals surface area (Å²) in [5, 5.41) is 2.85. The molecule has 0 spiro atoms. The van der Waals surface area contributed by atoms with E-state index in [9.17, 15) is 9.59 Å². The number of halogens is 1. The molecule has 3 atom stereocenters. The fourth-order valence-electron chi connectivity index (χ4n) is 3.01. The van der Waals surface area contributed by atoms with Gasteiger partial charge in [-0.15, -0.1) is 12.4 Å². The molecule has 128 valence electrons. The number of esters is 1. The van der Waals surface area contributed by atoms with Crippen LogP contribution in [-0.2, 0) is 14.3 Å². The average Bonchev–Trinajstić information content (AvgIpc) is 2.93. The number of benzene rings is 1. The Balaban J connectivity index is 0.00000264. The Morgan fingerprint density at radius 2 is 2.00 bits per heavy atom. The van der Waals surface area contributed by atoms with Gasteiger partial charge in [-0.25, -0.2) is 0 Å². The van der Waals surface area contributed by atoms with E-state index in [1.165, 1.54) is 7.11 Å². The zero-order chi connectivity index (χ0) is 15.9. The van der Waals surface area contributed by atoms with Crippen LogP contribution in [0.2, 0.25) is 0 Å². The third kappa shape index (κ3) is 5.52. The first kappa shape index (κ1) is 19.5. The van der Waals surface area contributed by atoms with Crippen LogP contribution in [0.5, 0.6) is 0 Å². The summed E-state index contributed by atoms with van der Waals surface area (Å²) >= 11 is 0. The summed E-state index contributed by atoms with van der Waals surface area (Å²) in [6, 6.07) is 9.46. The molecule has 1 aliphatic rings. The fraction of sp³-hybridized carbons (Fsp3) is 0.529. The Kier molecular flexibility index (Phi) is 8.06. The van der Waals surface area contributed by atoms with E-state index < -0.39 is 5.92 Å². The van der Waals surface area contributed by atoms with Crippen molar-refractivity contribution < 1.29 is 14.3 Å². The van der Waals surface area contributed by atoms with E-state index in [-0.39, 0.29) is 42.8 Å². The third-order valence-corrected chi connectivity index (χ3v) is 4.36. The van der Waals surface area contributed by atoms with Crippen LogP contribution in [0, 0.1) is 5.92 Å². The Morgan fingerprint density at radius 1 is 1.30 bits per heavy atom. The second-order valence-corrected chi connectivity index (χ2v) is 5.85. The van der Waals surface area contributed by atoms with E-state index in [0.717, 1.165) is 24.8 Å². The Bertz CT molecular complexity index is 510. The number of methoxy groups -OCH3 is 1. The van der Waals surface area contributed by atoms with Gasteiger partial charge in [0.1, 0.15) is 0 Å². The van der Waals surface area contributed by atoms with Crippen LogP contribution < -0.4 is 11.1 Å². The van der Waals surface area contributed by atoms with Gasteiger partial charge < -0.3 is 15.8 Å². The molecule has 0 radical (unpaired) electrons. The lowest BCUT2D eigenvalue weighted by molar-refractivity contribution is -0.142. The van der Waals surface area contributed by atoms with Crippen molar-refractivity contribution in [2.75, 3.05) is 13.7 Å². The highest BCUT2D eigenvalue weighted by atomic mass is 35.5. The lowest BCUT2D eigenvalue weighted by Gasteiger charge is -2.18. The number of ether oxygens (including phenoxy) is 1. The van der Waals surface area contributed by atoms with Gasteiger partial charge in [0.05, 0.1) is 13.0 Å². The van der Waals surface area contributed by atoms with E-state index in [1.54, 1.807) is 0 Å². The predicted molar refractivity (Wildman–Crippen MR) is 91.4 cm³/mol. The monoisotopic (exact) mass is 340 g/mol. The van der Waals surface area contributed by atoms with E-state index in [0.29, 0.717) is 6.42 Å². The Labute approximate surface area is 143 Å². The molecule has 1 unspecified atom stereocenters. The largest absolute Gasteiger partial charge is 0.468 e. The molecule has 3 N–H and O–H groups in total. The maximum Gasteiger partial charge on any atom is 0.314 e. The molecule has 1 aromatic carbocycles. The second-order valence-electron chi connectivity index (χ2n) is 5.85. The molecule has 6 heteroatoms. The molecule has 0 bridgehead atoms. The van der Waals surface area contributed by atoms with E-state index >= 15 is 0 Å². The van der Waals surface area contributed by atoms with Gasteiger partial charge in [-0.3, -0.25) is 9.59 Å². The summed E-state index contributed by atoms with van der Waals surface area (Å²) in [7, 11) is 1.36. The molecule has 1 fully saturated rings. The van der Waals surface area contributed by atoms with Crippen LogP contribution in [-0.4, -0.2) is 31.6 Å². The lowest BCUT2D eigenvalue weighted by Crippen LogP contribution is -2.35. The van der Waals surface area contributed by atoms with Crippen molar-refractivity contribution in [2.24, 2.45) is 11.7 Å². The molecule has 0 saturated heterocycles. The van der Waals surface area contributed by atoms with Crippen molar-refractivity contribution in [3.05, 3.63) is 35.9 Å². The topological polar surface area (TPSA) is 81.4 Å². The van der Waals surface area contributed by atoms with Gasteiger partial charge in [-0.2, -0.15) is 0 Å². The van der Waals surface area contributed by atoms with Crippen molar-refractivity contribution in [1.82, 2.24) is 5.32 Å². The predicted octanol–water partition coefficient (Wildman–Crippen LogP) is 2.00. The molecular weight excluding hydrogens is 316 g/mol. The van der Waals surface area contributed by atoms with Crippen molar-refractivity contribution in [3.63, 3.8) is 0 Å². The summed E-state index contributed by atoms with van der Waals surface area (Å²) in [6.45, 7) is 0.247. The number of amides is 1. The highest BCUT2D eigenvalue weighted by molar-refractivity contribution is 5.85. The maximum atomic E-state index is 12.1. The van der Waals surface area contributed by atoms with Gasteiger partial charge in [-0.05, 0) is 24.3 Å². The van der Waals surface area contributed by atoms with Crippen LogP contribution >= 0.6 is 12.4 Å². The molecule has 1 saturated carbocycles. The van der Waals surface area contributed by atoms with Gasteiger partial charge in [0, 0.05) is 19.0 Å². The standard InChI is InChI=1S/C17H24N2O3.ClH/c1-22-17(21)14(12-6-3-2-4-7-12)11-19-16(20)10-13-8-5-9-15(13)18;/h2-4,6-7,13-15H,5,8-11,18H2,1H3,(H,19,20);1H/t13-,14?,15+;/m0./s1. The SMILES string of the molecule is COC(=O)C(CNC(=O)C[C@@H]1CCC[C@H]1N)c1ccccc1.Cl. The van der Waals surface area contributed by atoms with Crippen molar-refractivity contribution in [2.45, 2.75) is 37.6 Å². The molecule has 0 aliphatic heterocycles. The van der Waals surface area contributed by atoms with Gasteiger partial charge in [0.15, 0.2) is 0 Å². The minimum atomic E-state index is -0.479. The number of carbonyl (C=O) groups excluding carboxylic acids is 2. The number of rotatable bonds is 6. The first-order chi connectivity index (χ1) is 10.6. The molecule has 1 aromatic rings. The van der Waals surface area contributed by atoms with Crippen LogP contribution in [0.3, 0.4) is 0 Å². The third-order valence-electron chi connectivity index (χ3n) is 4.36. The lowest BCUT2D eigenvalue weighted by atomic mass is 9.98. The van der Waals surface area contributed by atoms with Gasteiger partial charge >= 0.3 is 5.97 Å². The first-order valence-electron chi connectivity index (χ1n) is 7.77. The number of hydrogen-bond donors (Lipinski definition) is 2. The average molecular weight is 341 g/mol. The zero-order valence-corrected chi connectivity index (χ0v) is 14.2. The number of hydrogen-bond acceptors (Lipinski definition) is 4. The zero-order valence-electron chi connectivity index (χ0n) is 13.4. The minimum Gasteiger partial charge on any atom is -0.468 e. The molecule has 5 nitrogen and oxygen atoms in total. The second kappa shape index (κ2) is 9.53. The molecule has 1 aliphatic carbocycles.